The Morgan fingerprint density at radius 2 is 2.03 bits per heavy atom. The number of methoxy groups -OCH3 is 1. The van der Waals surface area contributed by atoms with E-state index < -0.39 is 29.3 Å². The molecule has 8 nitrogen and oxygen atoms in total. The number of likely N-dealkylation sites (tertiary alicyclic amines) is 1. The Balaban J connectivity index is 1.76. The fraction of sp³-hybridized carbons (Fsp3) is 0.348. The number of carbonyl (C=O) groups is 2. The summed E-state index contributed by atoms with van der Waals surface area (Å²) < 4.78 is 24.5. The second-order valence-corrected chi connectivity index (χ2v) is 7.58. The molecule has 0 radical (unpaired) electrons. The molecule has 9 heteroatoms. The van der Waals surface area contributed by atoms with Crippen LogP contribution in [0.2, 0.25) is 0 Å². The number of aliphatic hydroxyl groups is 1. The monoisotopic (exact) mass is 441 g/mol. The Morgan fingerprint density at radius 3 is 2.72 bits per heavy atom. The molecule has 1 aromatic heterocycles. The summed E-state index contributed by atoms with van der Waals surface area (Å²) in [4.78, 5) is 33.7. The highest BCUT2D eigenvalue weighted by Crippen LogP contribution is 2.40. The van der Waals surface area contributed by atoms with Gasteiger partial charge in [0.2, 0.25) is 0 Å². The topological polar surface area (TPSA) is 92.2 Å². The van der Waals surface area contributed by atoms with Crippen LogP contribution in [-0.2, 0) is 14.3 Å². The summed E-state index contributed by atoms with van der Waals surface area (Å²) >= 11 is 0. The lowest BCUT2D eigenvalue weighted by Crippen LogP contribution is -2.42. The van der Waals surface area contributed by atoms with Gasteiger partial charge in [-0.2, -0.15) is 0 Å². The quantitative estimate of drug-likeness (QED) is 0.416. The van der Waals surface area contributed by atoms with Crippen LogP contribution in [0.3, 0.4) is 0 Å². The van der Waals surface area contributed by atoms with Crippen molar-refractivity contribution in [2.45, 2.75) is 6.04 Å². The van der Waals surface area contributed by atoms with Gasteiger partial charge in [-0.15, -0.1) is 0 Å². The Morgan fingerprint density at radius 1 is 1.25 bits per heavy atom. The molecular weight excluding hydrogens is 417 g/mol. The predicted octanol–water partition coefficient (Wildman–Crippen LogP) is 1.98. The van der Waals surface area contributed by atoms with Crippen molar-refractivity contribution in [1.82, 2.24) is 14.8 Å². The van der Waals surface area contributed by atoms with E-state index in [1.165, 1.54) is 24.1 Å². The second-order valence-electron chi connectivity index (χ2n) is 7.58. The van der Waals surface area contributed by atoms with Crippen LogP contribution < -0.4 is 4.74 Å². The van der Waals surface area contributed by atoms with Gasteiger partial charge in [-0.1, -0.05) is 6.07 Å². The number of ether oxygens (including phenoxy) is 2. The van der Waals surface area contributed by atoms with Crippen molar-refractivity contribution in [2.75, 3.05) is 46.5 Å². The maximum absolute atomic E-state index is 14.0. The van der Waals surface area contributed by atoms with Gasteiger partial charge in [0, 0.05) is 38.6 Å². The number of amides is 1. The van der Waals surface area contributed by atoms with Gasteiger partial charge in [0.15, 0.2) is 0 Å². The van der Waals surface area contributed by atoms with Crippen LogP contribution in [0.15, 0.2) is 48.3 Å². The van der Waals surface area contributed by atoms with Crippen molar-refractivity contribution in [3.8, 4) is 5.75 Å². The lowest BCUT2D eigenvalue weighted by Gasteiger charge is -2.30. The molecule has 1 aromatic carbocycles. The molecule has 0 spiro atoms. The van der Waals surface area contributed by atoms with E-state index in [0.29, 0.717) is 25.3 Å². The molecule has 0 saturated carbocycles. The zero-order chi connectivity index (χ0) is 22.7. The smallest absolute Gasteiger partial charge is 0.295 e. The number of benzene rings is 1. The third kappa shape index (κ3) is 4.21. The molecule has 2 aromatic rings. The Bertz CT molecular complexity index is 1040. The van der Waals surface area contributed by atoms with Gasteiger partial charge in [-0.25, -0.2) is 4.39 Å². The number of carbonyl (C=O) groups excluding carboxylic acids is 2. The molecule has 2 aliphatic heterocycles. The summed E-state index contributed by atoms with van der Waals surface area (Å²) in [6.07, 6.45) is 3.13. The number of rotatable bonds is 6. The van der Waals surface area contributed by atoms with Crippen LogP contribution in [0.5, 0.6) is 5.75 Å². The number of nitrogens with zero attached hydrogens (tertiary/aromatic N) is 3. The molecule has 3 heterocycles. The number of ketones is 1. The predicted molar refractivity (Wildman–Crippen MR) is 113 cm³/mol. The molecule has 1 amide bonds. The van der Waals surface area contributed by atoms with Crippen molar-refractivity contribution >= 4 is 17.4 Å². The van der Waals surface area contributed by atoms with Crippen molar-refractivity contribution < 1.29 is 28.6 Å². The number of aliphatic hydroxyl groups excluding tert-OH is 1. The van der Waals surface area contributed by atoms with E-state index in [1.807, 2.05) is 0 Å². The average molecular weight is 441 g/mol. The average Bonchev–Trinajstić information content (AvgIpc) is 3.08. The normalized spacial score (nSPS) is 21.2. The summed E-state index contributed by atoms with van der Waals surface area (Å²) in [5.74, 6) is -2.45. The summed E-state index contributed by atoms with van der Waals surface area (Å²) in [5.41, 5.74) is 0.465. The van der Waals surface area contributed by atoms with Gasteiger partial charge in [-0.05, 0) is 29.8 Å². The fourth-order valence-electron chi connectivity index (χ4n) is 4.08. The third-order valence-corrected chi connectivity index (χ3v) is 5.72. The molecule has 2 saturated heterocycles. The summed E-state index contributed by atoms with van der Waals surface area (Å²) in [6.45, 7) is 3.54. The van der Waals surface area contributed by atoms with Crippen LogP contribution in [0, 0.1) is 5.82 Å². The van der Waals surface area contributed by atoms with Crippen LogP contribution in [0.4, 0.5) is 4.39 Å². The number of halogens is 1. The Kier molecular flexibility index (Phi) is 6.48. The highest BCUT2D eigenvalue weighted by atomic mass is 19.1. The summed E-state index contributed by atoms with van der Waals surface area (Å²) in [7, 11) is 1.38. The van der Waals surface area contributed by atoms with E-state index in [4.69, 9.17) is 9.47 Å². The van der Waals surface area contributed by atoms with Crippen LogP contribution >= 0.6 is 0 Å². The summed E-state index contributed by atoms with van der Waals surface area (Å²) in [5, 5.41) is 11.1. The SMILES string of the molecule is COc1ccc(F)cc1/C(O)=C1\C(=O)C(=O)N(CCN2CCOCC2)[C@H]1c1cccnc1. The highest BCUT2D eigenvalue weighted by molar-refractivity contribution is 6.46. The highest BCUT2D eigenvalue weighted by Gasteiger charge is 2.46. The zero-order valence-corrected chi connectivity index (χ0v) is 17.7. The van der Waals surface area contributed by atoms with E-state index in [0.717, 1.165) is 19.2 Å². The van der Waals surface area contributed by atoms with E-state index in [-0.39, 0.29) is 23.4 Å². The van der Waals surface area contributed by atoms with Crippen molar-refractivity contribution in [3.63, 3.8) is 0 Å². The number of hydrogen-bond donors (Lipinski definition) is 1. The molecule has 4 rings (SSSR count). The maximum atomic E-state index is 14.0. The molecule has 0 aliphatic carbocycles. The molecule has 1 atom stereocenters. The van der Waals surface area contributed by atoms with Gasteiger partial charge >= 0.3 is 0 Å². The Hall–Kier alpha value is -3.30. The molecule has 2 fully saturated rings. The molecule has 1 N–H and O–H groups in total. The minimum atomic E-state index is -0.849. The van der Waals surface area contributed by atoms with Gasteiger partial charge < -0.3 is 19.5 Å². The molecule has 0 bridgehead atoms. The second kappa shape index (κ2) is 9.46. The molecule has 0 unspecified atom stereocenters. The summed E-state index contributed by atoms with van der Waals surface area (Å²) in [6, 6.07) is 6.21. The first-order chi connectivity index (χ1) is 15.5. The number of Topliss-reactive ketones (excluding diaryl/α,β-unsaturated/α-hetero) is 1. The van der Waals surface area contributed by atoms with Gasteiger partial charge in [0.05, 0.1) is 37.5 Å². The zero-order valence-electron chi connectivity index (χ0n) is 17.7. The van der Waals surface area contributed by atoms with Gasteiger partial charge in [-0.3, -0.25) is 19.5 Å². The lowest BCUT2D eigenvalue weighted by molar-refractivity contribution is -0.140. The minimum Gasteiger partial charge on any atom is -0.507 e. The van der Waals surface area contributed by atoms with Crippen molar-refractivity contribution in [3.05, 3.63) is 65.2 Å². The first kappa shape index (κ1) is 21.9. The van der Waals surface area contributed by atoms with E-state index >= 15 is 0 Å². The van der Waals surface area contributed by atoms with Crippen LogP contribution in [0.25, 0.3) is 5.76 Å². The number of aromatic nitrogens is 1. The largest absolute Gasteiger partial charge is 0.507 e. The molecular formula is C23H24FN3O5. The van der Waals surface area contributed by atoms with Crippen molar-refractivity contribution in [2.24, 2.45) is 0 Å². The standard InChI is InChI=1S/C23H24FN3O5/c1-31-18-5-4-16(24)13-17(18)21(28)19-20(15-3-2-6-25-14-15)27(23(30)22(19)29)8-7-26-9-11-32-12-10-26/h2-6,13-14,20,28H,7-12H2,1H3/b21-19+/t20-/m0/s1. The third-order valence-electron chi connectivity index (χ3n) is 5.72. The number of hydrogen-bond acceptors (Lipinski definition) is 7. The molecule has 32 heavy (non-hydrogen) atoms. The first-order valence-corrected chi connectivity index (χ1v) is 10.3. The molecule has 2 aliphatic rings. The number of pyridine rings is 1. The maximum Gasteiger partial charge on any atom is 0.295 e. The van der Waals surface area contributed by atoms with E-state index in [2.05, 4.69) is 9.88 Å². The van der Waals surface area contributed by atoms with E-state index in [1.54, 1.807) is 24.5 Å². The number of morpholine rings is 1. The van der Waals surface area contributed by atoms with Gasteiger partial charge in [0.1, 0.15) is 17.3 Å². The first-order valence-electron chi connectivity index (χ1n) is 10.3. The Labute approximate surface area is 184 Å². The van der Waals surface area contributed by atoms with Crippen LogP contribution in [-0.4, -0.2) is 78.1 Å². The van der Waals surface area contributed by atoms with Gasteiger partial charge in [0.25, 0.3) is 11.7 Å². The fourth-order valence-corrected chi connectivity index (χ4v) is 4.08. The van der Waals surface area contributed by atoms with Crippen LogP contribution in [0.1, 0.15) is 17.2 Å². The van der Waals surface area contributed by atoms with Crippen molar-refractivity contribution in [1.29, 1.82) is 0 Å². The van der Waals surface area contributed by atoms with E-state index in [9.17, 15) is 19.1 Å². The minimum absolute atomic E-state index is 0.00701. The lowest BCUT2D eigenvalue weighted by atomic mass is 9.96. The molecule has 168 valence electrons.